The van der Waals surface area contributed by atoms with E-state index in [1.807, 2.05) is 0 Å². The number of carbonyl (C=O) groups is 2. The summed E-state index contributed by atoms with van der Waals surface area (Å²) in [5.41, 5.74) is 0.901. The molecule has 8 nitrogen and oxygen atoms in total. The summed E-state index contributed by atoms with van der Waals surface area (Å²) in [4.78, 5) is 29.6. The predicted molar refractivity (Wildman–Crippen MR) is 146 cm³/mol. The largest absolute Gasteiger partial charge is 0.457 e. The second-order valence-corrected chi connectivity index (χ2v) is 8.99. The highest BCUT2D eigenvalue weighted by molar-refractivity contribution is 6.17. The van der Waals surface area contributed by atoms with Crippen LogP contribution in [0.25, 0.3) is 4.85 Å². The van der Waals surface area contributed by atoms with Gasteiger partial charge < -0.3 is 20.1 Å². The Labute approximate surface area is 225 Å². The molecule has 0 bridgehead atoms. The molecule has 5 rings (SSSR count). The van der Waals surface area contributed by atoms with Crippen molar-refractivity contribution in [1.29, 1.82) is 5.26 Å². The number of nitrogens with zero attached hydrogens (tertiary/aromatic N) is 2. The van der Waals surface area contributed by atoms with E-state index in [-0.39, 0.29) is 11.8 Å². The Balaban J connectivity index is 1.22. The highest BCUT2D eigenvalue weighted by Gasteiger charge is 2.56. The predicted octanol–water partition coefficient (Wildman–Crippen LogP) is 7.05. The Morgan fingerprint density at radius 2 is 1.23 bits per heavy atom. The van der Waals surface area contributed by atoms with Crippen LogP contribution in [0.15, 0.2) is 97.1 Å². The van der Waals surface area contributed by atoms with Crippen molar-refractivity contribution >= 4 is 28.9 Å². The van der Waals surface area contributed by atoms with Crippen LogP contribution in [0.5, 0.6) is 23.0 Å². The zero-order valence-electron chi connectivity index (χ0n) is 20.7. The number of ether oxygens (including phenoxy) is 2. The smallest absolute Gasteiger partial charge is 0.240 e. The minimum absolute atomic E-state index is 0.386. The summed E-state index contributed by atoms with van der Waals surface area (Å²) in [7, 11) is 0. The molecule has 4 aromatic rings. The SMILES string of the molecule is [C-]#[N+]c1ccc(Oc2cccc(NC(=O)C3(C(=O)Nc4cccc(Oc5ccc(C#N)cc5)c4)CC3)c2)cc1. The van der Waals surface area contributed by atoms with Crippen molar-refractivity contribution in [2.45, 2.75) is 12.8 Å². The number of nitriles is 1. The molecule has 1 fully saturated rings. The Bertz CT molecular complexity index is 1490. The van der Waals surface area contributed by atoms with Crippen molar-refractivity contribution in [2.75, 3.05) is 10.6 Å². The maximum atomic E-state index is 13.1. The van der Waals surface area contributed by atoms with Gasteiger partial charge in [0.1, 0.15) is 28.4 Å². The van der Waals surface area contributed by atoms with E-state index in [0.29, 0.717) is 58.5 Å². The van der Waals surface area contributed by atoms with Crippen LogP contribution >= 0.6 is 0 Å². The lowest BCUT2D eigenvalue weighted by atomic mass is 10.0. The van der Waals surface area contributed by atoms with Crippen molar-refractivity contribution in [3.05, 3.63) is 114 Å². The fourth-order valence-corrected chi connectivity index (χ4v) is 3.92. The van der Waals surface area contributed by atoms with Crippen LogP contribution in [0.3, 0.4) is 0 Å². The van der Waals surface area contributed by atoms with Crippen molar-refractivity contribution in [3.63, 3.8) is 0 Å². The lowest BCUT2D eigenvalue weighted by molar-refractivity contribution is -0.131. The zero-order chi connectivity index (χ0) is 27.2. The van der Waals surface area contributed by atoms with Gasteiger partial charge in [-0.25, -0.2) is 4.85 Å². The minimum Gasteiger partial charge on any atom is -0.457 e. The Morgan fingerprint density at radius 1 is 0.744 bits per heavy atom. The molecule has 39 heavy (non-hydrogen) atoms. The quantitative estimate of drug-likeness (QED) is 0.194. The fourth-order valence-electron chi connectivity index (χ4n) is 3.92. The lowest BCUT2D eigenvalue weighted by Gasteiger charge is -2.16. The molecule has 0 heterocycles. The van der Waals surface area contributed by atoms with Crippen LogP contribution in [0, 0.1) is 23.3 Å². The average molecular weight is 515 g/mol. The van der Waals surface area contributed by atoms with Crippen LogP contribution in [0.2, 0.25) is 0 Å². The van der Waals surface area contributed by atoms with Gasteiger partial charge in [-0.1, -0.05) is 24.3 Å². The maximum absolute atomic E-state index is 13.1. The lowest BCUT2D eigenvalue weighted by Crippen LogP contribution is -2.35. The van der Waals surface area contributed by atoms with E-state index in [1.54, 1.807) is 97.1 Å². The summed E-state index contributed by atoms with van der Waals surface area (Å²) in [5, 5.41) is 14.6. The molecule has 0 aliphatic heterocycles. The third-order valence-corrected chi connectivity index (χ3v) is 6.22. The first-order chi connectivity index (χ1) is 19.0. The minimum atomic E-state index is -1.16. The molecular formula is C31H22N4O4. The third-order valence-electron chi connectivity index (χ3n) is 6.22. The van der Waals surface area contributed by atoms with Crippen LogP contribution < -0.4 is 20.1 Å². The summed E-state index contributed by atoms with van der Waals surface area (Å²) in [6, 6.07) is 29.3. The van der Waals surface area contributed by atoms with Crippen molar-refractivity contribution in [1.82, 2.24) is 0 Å². The van der Waals surface area contributed by atoms with Gasteiger partial charge in [-0.3, -0.25) is 9.59 Å². The molecule has 1 aliphatic rings. The Kier molecular flexibility index (Phi) is 6.94. The van der Waals surface area contributed by atoms with Gasteiger partial charge in [0.2, 0.25) is 11.8 Å². The molecule has 0 saturated heterocycles. The zero-order valence-corrected chi connectivity index (χ0v) is 20.7. The second kappa shape index (κ2) is 10.8. The molecule has 2 amide bonds. The fraction of sp³-hybridized carbons (Fsp3) is 0.0968. The Hall–Kier alpha value is -5.60. The maximum Gasteiger partial charge on any atom is 0.240 e. The number of rotatable bonds is 8. The topological polar surface area (TPSA) is 105 Å². The summed E-state index contributed by atoms with van der Waals surface area (Å²) in [5.74, 6) is 1.37. The van der Waals surface area contributed by atoms with Gasteiger partial charge in [-0.2, -0.15) is 5.26 Å². The highest BCUT2D eigenvalue weighted by atomic mass is 16.5. The van der Waals surface area contributed by atoms with Crippen LogP contribution in [-0.2, 0) is 9.59 Å². The van der Waals surface area contributed by atoms with E-state index in [2.05, 4.69) is 21.5 Å². The van der Waals surface area contributed by atoms with Crippen molar-refractivity contribution in [2.24, 2.45) is 5.41 Å². The Morgan fingerprint density at radius 3 is 1.67 bits per heavy atom. The molecular weight excluding hydrogens is 492 g/mol. The molecule has 0 radical (unpaired) electrons. The second-order valence-electron chi connectivity index (χ2n) is 8.99. The standard InChI is InChI=1S/C31H22N4O4/c1-33-22-10-14-26(15-11-22)39-28-7-3-5-24(19-28)35-30(37)31(16-17-31)29(36)34-23-4-2-6-27(18-23)38-25-12-8-21(20-32)9-13-25/h2-15,18-19H,16-17H2,(H,34,36)(H,35,37). The van der Waals surface area contributed by atoms with E-state index in [1.165, 1.54) is 0 Å². The summed E-state index contributed by atoms with van der Waals surface area (Å²) in [6.07, 6.45) is 0.880. The first-order valence-corrected chi connectivity index (χ1v) is 12.1. The van der Waals surface area contributed by atoms with Gasteiger partial charge in [0, 0.05) is 23.5 Å². The molecule has 0 unspecified atom stereocenters. The number of anilines is 2. The number of nitrogens with one attached hydrogen (secondary N) is 2. The van der Waals surface area contributed by atoms with Gasteiger partial charge in [-0.15, -0.1) is 0 Å². The first kappa shape index (κ1) is 25.1. The molecule has 190 valence electrons. The summed E-state index contributed by atoms with van der Waals surface area (Å²) in [6.45, 7) is 7.04. The first-order valence-electron chi connectivity index (χ1n) is 12.1. The monoisotopic (exact) mass is 514 g/mol. The molecule has 8 heteroatoms. The van der Waals surface area contributed by atoms with Gasteiger partial charge >= 0.3 is 0 Å². The highest BCUT2D eigenvalue weighted by Crippen LogP contribution is 2.47. The van der Waals surface area contributed by atoms with Crippen molar-refractivity contribution in [3.8, 4) is 29.1 Å². The van der Waals surface area contributed by atoms with Crippen LogP contribution in [0.1, 0.15) is 18.4 Å². The van der Waals surface area contributed by atoms with E-state index < -0.39 is 5.41 Å². The number of amides is 2. The number of carbonyl (C=O) groups excluding carboxylic acids is 2. The molecule has 1 saturated carbocycles. The van der Waals surface area contributed by atoms with E-state index in [4.69, 9.17) is 21.3 Å². The number of hydrogen-bond acceptors (Lipinski definition) is 5. The van der Waals surface area contributed by atoms with Gasteiger partial charge in [-0.05, 0) is 73.5 Å². The van der Waals surface area contributed by atoms with Gasteiger partial charge in [0.15, 0.2) is 5.69 Å². The van der Waals surface area contributed by atoms with E-state index in [9.17, 15) is 9.59 Å². The van der Waals surface area contributed by atoms with Gasteiger partial charge in [0.25, 0.3) is 0 Å². The molecule has 2 N–H and O–H groups in total. The summed E-state index contributed by atoms with van der Waals surface area (Å²) < 4.78 is 11.7. The molecule has 0 aromatic heterocycles. The third kappa shape index (κ3) is 5.87. The molecule has 4 aromatic carbocycles. The van der Waals surface area contributed by atoms with Crippen LogP contribution in [0.4, 0.5) is 17.1 Å². The number of benzene rings is 4. The number of hydrogen-bond donors (Lipinski definition) is 2. The van der Waals surface area contributed by atoms with E-state index >= 15 is 0 Å². The normalized spacial score (nSPS) is 12.8. The van der Waals surface area contributed by atoms with Crippen LogP contribution in [-0.4, -0.2) is 11.8 Å². The summed E-state index contributed by atoms with van der Waals surface area (Å²) >= 11 is 0. The average Bonchev–Trinajstić information content (AvgIpc) is 3.77. The molecule has 1 aliphatic carbocycles. The molecule has 0 atom stereocenters. The van der Waals surface area contributed by atoms with E-state index in [0.717, 1.165) is 0 Å². The molecule has 0 spiro atoms. The van der Waals surface area contributed by atoms with Crippen molar-refractivity contribution < 1.29 is 19.1 Å². The van der Waals surface area contributed by atoms with Gasteiger partial charge in [0.05, 0.1) is 18.2 Å².